The molecular weight excluding hydrogens is 328 g/mol. The van der Waals surface area contributed by atoms with E-state index in [0.717, 1.165) is 0 Å². The van der Waals surface area contributed by atoms with Crippen molar-refractivity contribution in [3.63, 3.8) is 0 Å². The van der Waals surface area contributed by atoms with Crippen LogP contribution in [0.3, 0.4) is 0 Å². The summed E-state index contributed by atoms with van der Waals surface area (Å²) in [7, 11) is 1.41. The van der Waals surface area contributed by atoms with Crippen LogP contribution in [0.15, 0.2) is 28.0 Å². The average Bonchev–Trinajstić information content (AvgIpc) is 3.00. The number of carbonyl (C=O) groups excluding carboxylic acids is 1. The Bertz CT molecular complexity index is 678. The van der Waals surface area contributed by atoms with Crippen LogP contribution in [0.25, 0.3) is 0 Å². The summed E-state index contributed by atoms with van der Waals surface area (Å²) >= 11 is 2.56. The fraction of sp³-hybridized carbons (Fsp3) is 0.250. The molecule has 116 valence electrons. The molecule has 0 radical (unpaired) electrons. The van der Waals surface area contributed by atoms with Crippen LogP contribution in [0, 0.1) is 10.1 Å². The van der Waals surface area contributed by atoms with E-state index >= 15 is 0 Å². The van der Waals surface area contributed by atoms with Gasteiger partial charge in [-0.15, -0.1) is 10.2 Å². The number of thioether (sulfide) groups is 1. The number of hydrogen-bond donors (Lipinski definition) is 1. The standard InChI is InChI=1S/C12H12N4O4S2/c1-7(22-12-15-13-6-21-12)11(17)14-9-4-3-8(20-2)5-10(9)16(18)19/h3-7H,1-2H3,(H,14,17)/t7-/m0/s1. The third kappa shape index (κ3) is 3.92. The summed E-state index contributed by atoms with van der Waals surface area (Å²) in [6.07, 6.45) is 0. The summed E-state index contributed by atoms with van der Waals surface area (Å²) in [6, 6.07) is 4.25. The van der Waals surface area contributed by atoms with Gasteiger partial charge in [0.15, 0.2) is 4.34 Å². The number of amides is 1. The Hall–Kier alpha value is -2.20. The number of nitrogens with zero attached hydrogens (tertiary/aromatic N) is 3. The lowest BCUT2D eigenvalue weighted by atomic mass is 10.2. The molecule has 0 saturated carbocycles. The largest absolute Gasteiger partial charge is 0.496 e. The summed E-state index contributed by atoms with van der Waals surface area (Å²) in [5.41, 5.74) is 1.47. The molecule has 1 atom stereocenters. The van der Waals surface area contributed by atoms with Gasteiger partial charge in [0.2, 0.25) is 5.91 Å². The van der Waals surface area contributed by atoms with E-state index in [0.29, 0.717) is 10.1 Å². The van der Waals surface area contributed by atoms with Crippen LogP contribution in [0.5, 0.6) is 5.75 Å². The van der Waals surface area contributed by atoms with Gasteiger partial charge in [-0.3, -0.25) is 14.9 Å². The number of carbonyl (C=O) groups is 1. The molecule has 0 spiro atoms. The highest BCUT2D eigenvalue weighted by atomic mass is 32.2. The average molecular weight is 340 g/mol. The molecule has 22 heavy (non-hydrogen) atoms. The number of ether oxygens (including phenoxy) is 1. The van der Waals surface area contributed by atoms with Gasteiger partial charge in [-0.1, -0.05) is 23.1 Å². The van der Waals surface area contributed by atoms with Crippen molar-refractivity contribution in [1.29, 1.82) is 0 Å². The minimum atomic E-state index is -0.569. The predicted molar refractivity (Wildman–Crippen MR) is 83.5 cm³/mol. The number of anilines is 1. The first-order chi connectivity index (χ1) is 10.5. The summed E-state index contributed by atoms with van der Waals surface area (Å²) in [5.74, 6) is -0.00514. The summed E-state index contributed by atoms with van der Waals surface area (Å²) < 4.78 is 5.61. The molecule has 0 fully saturated rings. The normalized spacial score (nSPS) is 11.7. The Morgan fingerprint density at radius 2 is 2.32 bits per heavy atom. The van der Waals surface area contributed by atoms with Crippen LogP contribution in [-0.2, 0) is 4.79 Å². The Labute approximate surface area is 134 Å². The van der Waals surface area contributed by atoms with Crippen molar-refractivity contribution in [3.8, 4) is 5.75 Å². The summed E-state index contributed by atoms with van der Waals surface area (Å²) in [4.78, 5) is 22.6. The molecule has 0 aliphatic heterocycles. The van der Waals surface area contributed by atoms with E-state index in [2.05, 4.69) is 15.5 Å². The van der Waals surface area contributed by atoms with Crippen molar-refractivity contribution in [2.75, 3.05) is 12.4 Å². The molecule has 0 unspecified atom stereocenters. The van der Waals surface area contributed by atoms with Gasteiger partial charge < -0.3 is 10.1 Å². The van der Waals surface area contributed by atoms with Gasteiger partial charge in [-0.25, -0.2) is 0 Å². The number of nitro groups is 1. The van der Waals surface area contributed by atoms with Gasteiger partial charge >= 0.3 is 0 Å². The lowest BCUT2D eigenvalue weighted by molar-refractivity contribution is -0.384. The number of benzene rings is 1. The van der Waals surface area contributed by atoms with E-state index < -0.39 is 10.2 Å². The van der Waals surface area contributed by atoms with Gasteiger partial charge in [-0.2, -0.15) is 0 Å². The van der Waals surface area contributed by atoms with Crippen molar-refractivity contribution in [3.05, 3.63) is 33.8 Å². The molecule has 1 amide bonds. The molecule has 10 heteroatoms. The van der Waals surface area contributed by atoms with E-state index in [1.165, 1.54) is 42.3 Å². The van der Waals surface area contributed by atoms with E-state index in [4.69, 9.17) is 4.74 Å². The molecule has 0 aliphatic rings. The molecule has 0 saturated heterocycles. The maximum Gasteiger partial charge on any atom is 0.296 e. The second-order valence-electron chi connectivity index (χ2n) is 4.09. The third-order valence-corrected chi connectivity index (χ3v) is 4.56. The molecule has 2 rings (SSSR count). The Morgan fingerprint density at radius 3 is 2.91 bits per heavy atom. The van der Waals surface area contributed by atoms with E-state index in [1.54, 1.807) is 18.5 Å². The summed E-state index contributed by atoms with van der Waals surface area (Å²) in [6.45, 7) is 1.69. The lowest BCUT2D eigenvalue weighted by Crippen LogP contribution is -2.22. The van der Waals surface area contributed by atoms with Gasteiger partial charge in [0, 0.05) is 0 Å². The fourth-order valence-corrected chi connectivity index (χ4v) is 3.17. The molecular formula is C12H12N4O4S2. The topological polar surface area (TPSA) is 107 Å². The third-order valence-electron chi connectivity index (χ3n) is 2.65. The number of methoxy groups -OCH3 is 1. The highest BCUT2D eigenvalue weighted by Gasteiger charge is 2.21. The van der Waals surface area contributed by atoms with Gasteiger partial charge in [-0.05, 0) is 19.1 Å². The minimum absolute atomic E-state index is 0.125. The first-order valence-corrected chi connectivity index (χ1v) is 7.83. The van der Waals surface area contributed by atoms with Crippen molar-refractivity contribution in [2.45, 2.75) is 16.5 Å². The van der Waals surface area contributed by atoms with Crippen LogP contribution in [0.2, 0.25) is 0 Å². The number of nitro benzene ring substituents is 1. The lowest BCUT2D eigenvalue weighted by Gasteiger charge is -2.11. The quantitative estimate of drug-likeness (QED) is 0.489. The predicted octanol–water partition coefficient (Wildman–Crippen LogP) is 2.57. The zero-order valence-corrected chi connectivity index (χ0v) is 13.3. The molecule has 1 aromatic heterocycles. The fourth-order valence-electron chi connectivity index (χ4n) is 1.55. The first-order valence-electron chi connectivity index (χ1n) is 6.07. The van der Waals surface area contributed by atoms with Crippen molar-refractivity contribution >= 4 is 40.4 Å². The number of nitrogens with one attached hydrogen (secondary N) is 1. The van der Waals surface area contributed by atoms with E-state index in [9.17, 15) is 14.9 Å². The molecule has 2 aromatic rings. The maximum absolute atomic E-state index is 12.1. The van der Waals surface area contributed by atoms with E-state index in [-0.39, 0.29) is 17.3 Å². The number of rotatable bonds is 6. The molecule has 8 nitrogen and oxygen atoms in total. The molecule has 1 N–H and O–H groups in total. The monoisotopic (exact) mass is 340 g/mol. The van der Waals surface area contributed by atoms with Crippen molar-refractivity contribution in [1.82, 2.24) is 10.2 Å². The van der Waals surface area contributed by atoms with Gasteiger partial charge in [0.25, 0.3) is 5.69 Å². The van der Waals surface area contributed by atoms with Gasteiger partial charge in [0.05, 0.1) is 23.3 Å². The zero-order chi connectivity index (χ0) is 16.1. The second kappa shape index (κ2) is 7.18. The smallest absolute Gasteiger partial charge is 0.296 e. The summed E-state index contributed by atoms with van der Waals surface area (Å²) in [5, 5.41) is 20.7. The molecule has 1 heterocycles. The highest BCUT2D eigenvalue weighted by Crippen LogP contribution is 2.30. The minimum Gasteiger partial charge on any atom is -0.496 e. The molecule has 0 aliphatic carbocycles. The van der Waals surface area contributed by atoms with Crippen LogP contribution in [-0.4, -0.2) is 33.4 Å². The number of hydrogen-bond acceptors (Lipinski definition) is 8. The number of aromatic nitrogens is 2. The van der Waals surface area contributed by atoms with Crippen LogP contribution in [0.4, 0.5) is 11.4 Å². The maximum atomic E-state index is 12.1. The highest BCUT2D eigenvalue weighted by molar-refractivity contribution is 8.02. The van der Waals surface area contributed by atoms with Crippen molar-refractivity contribution < 1.29 is 14.5 Å². The Kier molecular flexibility index (Phi) is 5.28. The van der Waals surface area contributed by atoms with Crippen LogP contribution < -0.4 is 10.1 Å². The zero-order valence-electron chi connectivity index (χ0n) is 11.7. The van der Waals surface area contributed by atoms with Crippen molar-refractivity contribution in [2.24, 2.45) is 0 Å². The molecule has 1 aromatic carbocycles. The Morgan fingerprint density at radius 1 is 1.55 bits per heavy atom. The van der Waals surface area contributed by atoms with E-state index in [1.807, 2.05) is 0 Å². The van der Waals surface area contributed by atoms with Crippen LogP contribution >= 0.6 is 23.1 Å². The molecule has 0 bridgehead atoms. The first kappa shape index (κ1) is 16.2. The SMILES string of the molecule is COc1ccc(NC(=O)[C@H](C)Sc2nncs2)c([N+](=O)[O-])c1. The van der Waals surface area contributed by atoms with Crippen LogP contribution in [0.1, 0.15) is 6.92 Å². The Balaban J connectivity index is 2.12. The van der Waals surface area contributed by atoms with Gasteiger partial charge in [0.1, 0.15) is 16.9 Å². The second-order valence-corrected chi connectivity index (χ2v) is 6.52.